The number of nitrogens with zero attached hydrogens (tertiary/aromatic N) is 3. The number of methoxy groups -OCH3 is 1. The Morgan fingerprint density at radius 3 is 2.84 bits per heavy atom. The van der Waals surface area contributed by atoms with Crippen molar-refractivity contribution in [3.05, 3.63) is 59.3 Å². The van der Waals surface area contributed by atoms with Crippen LogP contribution in [-0.2, 0) is 6.42 Å². The van der Waals surface area contributed by atoms with Gasteiger partial charge < -0.3 is 24.4 Å². The monoisotopic (exact) mass is 500 g/mol. The molecular formula is C29H32N4O4. The molecule has 37 heavy (non-hydrogen) atoms. The van der Waals surface area contributed by atoms with Crippen LogP contribution in [-0.4, -0.2) is 61.8 Å². The van der Waals surface area contributed by atoms with Gasteiger partial charge in [0.2, 0.25) is 0 Å². The van der Waals surface area contributed by atoms with Crippen LogP contribution in [0.3, 0.4) is 0 Å². The highest BCUT2D eigenvalue weighted by Gasteiger charge is 2.27. The third-order valence-corrected chi connectivity index (χ3v) is 7.43. The molecule has 3 aromatic rings. The van der Waals surface area contributed by atoms with Crippen LogP contribution in [0, 0.1) is 11.3 Å². The lowest BCUT2D eigenvalue weighted by atomic mass is 9.89. The number of hydrogen-bond acceptors (Lipinski definition) is 7. The predicted octanol–water partition coefficient (Wildman–Crippen LogP) is 4.10. The van der Waals surface area contributed by atoms with Gasteiger partial charge in [0.15, 0.2) is 11.5 Å². The van der Waals surface area contributed by atoms with Gasteiger partial charge in [0, 0.05) is 35.8 Å². The van der Waals surface area contributed by atoms with Gasteiger partial charge in [0.25, 0.3) is 5.91 Å². The lowest BCUT2D eigenvalue weighted by Crippen LogP contribution is -2.45. The summed E-state index contributed by atoms with van der Waals surface area (Å²) in [4.78, 5) is 19.8. The molecule has 2 heterocycles. The quantitative estimate of drug-likeness (QED) is 0.522. The maximum Gasteiger partial charge on any atom is 0.251 e. The average molecular weight is 501 g/mol. The number of nitriles is 1. The molecule has 0 radical (unpaired) electrons. The summed E-state index contributed by atoms with van der Waals surface area (Å²) in [5.41, 5.74) is 3.04. The molecular weight excluding hydrogens is 468 g/mol. The van der Waals surface area contributed by atoms with E-state index in [0.29, 0.717) is 41.9 Å². The number of nitrogens with one attached hydrogen (secondary N) is 1. The summed E-state index contributed by atoms with van der Waals surface area (Å²) >= 11 is 0. The smallest absolute Gasteiger partial charge is 0.251 e. The molecule has 0 spiro atoms. The number of carbonyl (C=O) groups is 1. The first kappa shape index (κ1) is 24.8. The molecule has 2 atom stereocenters. The minimum absolute atomic E-state index is 0.0823. The number of likely N-dealkylation sites (N-methyl/N-ethyl adjacent to an activating group) is 1. The Morgan fingerprint density at radius 1 is 1.19 bits per heavy atom. The van der Waals surface area contributed by atoms with Crippen molar-refractivity contribution in [3.8, 4) is 23.3 Å². The van der Waals surface area contributed by atoms with Gasteiger partial charge >= 0.3 is 0 Å². The van der Waals surface area contributed by atoms with Crippen LogP contribution in [0.2, 0.25) is 0 Å². The van der Waals surface area contributed by atoms with E-state index < -0.39 is 0 Å². The second-order valence-electron chi connectivity index (χ2n) is 9.73. The van der Waals surface area contributed by atoms with Crippen LogP contribution in [0.25, 0.3) is 10.9 Å². The minimum atomic E-state index is -0.0823. The molecule has 8 nitrogen and oxygen atoms in total. The van der Waals surface area contributed by atoms with Crippen molar-refractivity contribution in [3.63, 3.8) is 0 Å². The van der Waals surface area contributed by atoms with Crippen LogP contribution in [0.15, 0.2) is 42.6 Å². The third-order valence-electron chi connectivity index (χ3n) is 7.43. The number of ether oxygens (including phenoxy) is 3. The molecule has 1 saturated carbocycles. The Kier molecular flexibility index (Phi) is 7.42. The molecule has 2 aromatic carbocycles. The number of rotatable bonds is 7. The van der Waals surface area contributed by atoms with Crippen molar-refractivity contribution in [2.75, 3.05) is 33.9 Å². The summed E-state index contributed by atoms with van der Waals surface area (Å²) in [5, 5.41) is 13.9. The van der Waals surface area contributed by atoms with Crippen LogP contribution in [0.1, 0.15) is 47.2 Å². The van der Waals surface area contributed by atoms with Gasteiger partial charge in [-0.2, -0.15) is 5.26 Å². The highest BCUT2D eigenvalue weighted by molar-refractivity contribution is 5.95. The van der Waals surface area contributed by atoms with Gasteiger partial charge in [0.1, 0.15) is 25.0 Å². The molecule has 192 valence electrons. The fourth-order valence-electron chi connectivity index (χ4n) is 5.34. The van der Waals surface area contributed by atoms with E-state index in [9.17, 15) is 10.1 Å². The molecule has 1 aromatic heterocycles. The molecule has 1 aliphatic heterocycles. The maximum atomic E-state index is 13.0. The highest BCUT2D eigenvalue weighted by Crippen LogP contribution is 2.31. The Hall–Kier alpha value is -3.83. The van der Waals surface area contributed by atoms with E-state index in [1.165, 1.54) is 0 Å². The summed E-state index contributed by atoms with van der Waals surface area (Å²) in [6, 6.07) is 13.9. The van der Waals surface area contributed by atoms with Gasteiger partial charge in [-0.3, -0.25) is 9.78 Å². The molecule has 5 rings (SSSR count). The molecule has 1 fully saturated rings. The van der Waals surface area contributed by atoms with Gasteiger partial charge in [-0.25, -0.2) is 0 Å². The second kappa shape index (κ2) is 11.1. The maximum absolute atomic E-state index is 13.0. The Balaban J connectivity index is 1.23. The number of carbonyl (C=O) groups excluding carboxylic acids is 1. The van der Waals surface area contributed by atoms with Gasteiger partial charge in [0.05, 0.1) is 18.2 Å². The van der Waals surface area contributed by atoms with Crippen LogP contribution >= 0.6 is 0 Å². The largest absolute Gasteiger partial charge is 0.497 e. The lowest BCUT2D eigenvalue weighted by molar-refractivity contribution is 0.0903. The van der Waals surface area contributed by atoms with E-state index >= 15 is 0 Å². The zero-order valence-electron chi connectivity index (χ0n) is 21.3. The van der Waals surface area contributed by atoms with Crippen molar-refractivity contribution in [2.45, 2.75) is 44.2 Å². The van der Waals surface area contributed by atoms with E-state index in [-0.39, 0.29) is 11.9 Å². The van der Waals surface area contributed by atoms with E-state index in [1.807, 2.05) is 18.2 Å². The Bertz CT molecular complexity index is 1340. The van der Waals surface area contributed by atoms with Gasteiger partial charge in [-0.1, -0.05) is 0 Å². The normalized spacial score (nSPS) is 18.9. The van der Waals surface area contributed by atoms with Crippen LogP contribution < -0.4 is 19.5 Å². The number of amides is 1. The second-order valence-corrected chi connectivity index (χ2v) is 9.73. The first-order valence-corrected chi connectivity index (χ1v) is 12.8. The van der Waals surface area contributed by atoms with Crippen molar-refractivity contribution >= 4 is 16.8 Å². The predicted molar refractivity (Wildman–Crippen MR) is 140 cm³/mol. The molecule has 1 aliphatic carbocycles. The zero-order valence-corrected chi connectivity index (χ0v) is 21.3. The van der Waals surface area contributed by atoms with Crippen molar-refractivity contribution in [1.82, 2.24) is 15.2 Å². The molecule has 1 N–H and O–H groups in total. The van der Waals surface area contributed by atoms with Crippen molar-refractivity contribution in [1.29, 1.82) is 5.26 Å². The van der Waals surface area contributed by atoms with E-state index in [0.717, 1.165) is 60.9 Å². The topological polar surface area (TPSA) is 96.7 Å². The van der Waals surface area contributed by atoms with Gasteiger partial charge in [-0.15, -0.1) is 0 Å². The molecule has 8 heteroatoms. The fraction of sp³-hybridized carbons (Fsp3) is 0.414. The van der Waals surface area contributed by atoms with Gasteiger partial charge in [-0.05, 0) is 81.1 Å². The Morgan fingerprint density at radius 2 is 2.03 bits per heavy atom. The number of hydrogen-bond donors (Lipinski definition) is 1. The van der Waals surface area contributed by atoms with E-state index in [1.54, 1.807) is 31.5 Å². The zero-order chi connectivity index (χ0) is 25.8. The number of pyridine rings is 1. The van der Waals surface area contributed by atoms with E-state index in [2.05, 4.69) is 28.3 Å². The summed E-state index contributed by atoms with van der Waals surface area (Å²) in [6.45, 7) is 1.82. The molecule has 0 bridgehead atoms. The average Bonchev–Trinajstić information content (AvgIpc) is 2.95. The number of fused-ring (bicyclic) bond motifs is 2. The molecule has 2 unspecified atom stereocenters. The molecule has 2 aliphatic rings. The molecule has 1 amide bonds. The Labute approximate surface area is 217 Å². The number of aromatic nitrogens is 1. The summed E-state index contributed by atoms with van der Waals surface area (Å²) < 4.78 is 16.6. The summed E-state index contributed by atoms with van der Waals surface area (Å²) in [7, 11) is 3.77. The molecule has 0 saturated heterocycles. The number of benzene rings is 2. The summed E-state index contributed by atoms with van der Waals surface area (Å²) in [5.74, 6) is 1.98. The highest BCUT2D eigenvalue weighted by atomic mass is 16.6. The van der Waals surface area contributed by atoms with Crippen molar-refractivity contribution in [2.24, 2.45) is 0 Å². The summed E-state index contributed by atoms with van der Waals surface area (Å²) in [6.07, 6.45) is 6.39. The fourth-order valence-corrected chi connectivity index (χ4v) is 5.34. The SMILES string of the molecule is COc1ccc2ncc(C#N)c(CCN(C)C3CCCC(NC(=O)c4ccc5c(c4)OCCO5)C3)c2c1. The standard InChI is InChI=1S/C29H32N4O4/c1-33(11-10-24-20(17-30)18-31-26-8-7-23(35-2)16-25(24)26)22-5-3-4-21(15-22)32-29(34)19-6-9-27-28(14-19)37-13-12-36-27/h6-9,14,16,18,21-22H,3-5,10-13,15H2,1-2H3,(H,32,34). The first-order valence-electron chi connectivity index (χ1n) is 12.8. The lowest BCUT2D eigenvalue weighted by Gasteiger charge is -2.36. The minimum Gasteiger partial charge on any atom is -0.497 e. The van der Waals surface area contributed by atoms with E-state index in [4.69, 9.17) is 14.2 Å². The third kappa shape index (κ3) is 5.47. The first-order chi connectivity index (χ1) is 18.1. The van der Waals surface area contributed by atoms with Crippen molar-refractivity contribution < 1.29 is 19.0 Å². The van der Waals surface area contributed by atoms with Crippen LogP contribution in [0.5, 0.6) is 17.2 Å². The van der Waals surface area contributed by atoms with Crippen LogP contribution in [0.4, 0.5) is 0 Å².